The largest absolute Gasteiger partial charge is 0.485 e. The topological polar surface area (TPSA) is 82.6 Å². The van der Waals surface area contributed by atoms with Crippen LogP contribution in [0.2, 0.25) is 5.02 Å². The number of benzene rings is 2. The third-order valence-corrected chi connectivity index (χ3v) is 5.84. The van der Waals surface area contributed by atoms with Crippen molar-refractivity contribution in [3.63, 3.8) is 0 Å². The Morgan fingerprint density at radius 1 is 1.09 bits per heavy atom. The zero-order valence-electron chi connectivity index (χ0n) is 18.4. The normalized spacial score (nSPS) is 10.5. The van der Waals surface area contributed by atoms with Gasteiger partial charge >= 0.3 is 5.97 Å². The van der Waals surface area contributed by atoms with Crippen molar-refractivity contribution in [2.75, 3.05) is 12.4 Å². The number of ether oxygens (including phenoxy) is 3. The van der Waals surface area contributed by atoms with Gasteiger partial charge in [0.2, 0.25) is 0 Å². The molecule has 0 spiro atoms. The number of esters is 1. The summed E-state index contributed by atoms with van der Waals surface area (Å²) < 4.78 is 16.7. The Balaban J connectivity index is 1.53. The summed E-state index contributed by atoms with van der Waals surface area (Å²) in [6.45, 7) is 0.356. The number of methoxy groups -OCH3 is 1. The number of carbonyl (C=O) groups is 1. The van der Waals surface area contributed by atoms with Crippen molar-refractivity contribution in [1.82, 2.24) is 9.97 Å². The number of nitrogens with one attached hydrogen (secondary N) is 1. The Kier molecular flexibility index (Phi) is 7.95. The summed E-state index contributed by atoms with van der Waals surface area (Å²) in [5.74, 6) is 1.74. The number of pyridine rings is 1. The summed E-state index contributed by atoms with van der Waals surface area (Å²) in [7, 11) is 1.37. The number of thiazole rings is 1. The predicted octanol–water partition coefficient (Wildman–Crippen LogP) is 6.41. The minimum Gasteiger partial charge on any atom is -0.485 e. The molecule has 0 aliphatic rings. The number of rotatable bonds is 10. The second-order valence-electron chi connectivity index (χ2n) is 7.17. The van der Waals surface area contributed by atoms with Crippen LogP contribution in [0.25, 0.3) is 0 Å². The minimum absolute atomic E-state index is 0.269. The molecule has 174 valence electrons. The number of hydrogen-bond donors (Lipinski definition) is 1. The molecular formula is C25H22ClN3O4S. The van der Waals surface area contributed by atoms with Crippen molar-refractivity contribution >= 4 is 39.9 Å². The van der Waals surface area contributed by atoms with Gasteiger partial charge in [-0.05, 0) is 17.7 Å². The maximum atomic E-state index is 11.4. The molecule has 9 heteroatoms. The van der Waals surface area contributed by atoms with Gasteiger partial charge in [0.25, 0.3) is 0 Å². The van der Waals surface area contributed by atoms with Crippen molar-refractivity contribution in [3.8, 4) is 17.2 Å². The average molecular weight is 496 g/mol. The SMILES string of the molecule is COC(=O)CCc1csc(Nc2ncc(Oc3ccccc3Cl)cc2OCc2ccccc2)n1. The van der Waals surface area contributed by atoms with Crippen LogP contribution in [0.3, 0.4) is 0 Å². The van der Waals surface area contributed by atoms with Gasteiger partial charge in [-0.3, -0.25) is 4.79 Å². The first-order chi connectivity index (χ1) is 16.6. The van der Waals surface area contributed by atoms with E-state index in [1.165, 1.54) is 18.4 Å². The minimum atomic E-state index is -0.269. The van der Waals surface area contributed by atoms with Crippen LogP contribution < -0.4 is 14.8 Å². The highest BCUT2D eigenvalue weighted by atomic mass is 35.5. The monoisotopic (exact) mass is 495 g/mol. The second-order valence-corrected chi connectivity index (χ2v) is 8.43. The van der Waals surface area contributed by atoms with Crippen molar-refractivity contribution in [2.24, 2.45) is 0 Å². The van der Waals surface area contributed by atoms with E-state index in [2.05, 4.69) is 20.0 Å². The summed E-state index contributed by atoms with van der Waals surface area (Å²) in [6.07, 6.45) is 2.37. The van der Waals surface area contributed by atoms with Crippen LogP contribution in [0.4, 0.5) is 10.9 Å². The van der Waals surface area contributed by atoms with Gasteiger partial charge in [0.15, 0.2) is 16.7 Å². The Hall–Kier alpha value is -3.62. The second kappa shape index (κ2) is 11.5. The number of halogens is 1. The van der Waals surface area contributed by atoms with Crippen LogP contribution in [0, 0.1) is 0 Å². The fraction of sp³-hybridized carbons (Fsp3) is 0.160. The molecule has 0 unspecified atom stereocenters. The lowest BCUT2D eigenvalue weighted by atomic mass is 10.2. The lowest BCUT2D eigenvalue weighted by molar-refractivity contribution is -0.140. The van der Waals surface area contributed by atoms with E-state index in [9.17, 15) is 4.79 Å². The smallest absolute Gasteiger partial charge is 0.305 e. The van der Waals surface area contributed by atoms with Gasteiger partial charge in [-0.1, -0.05) is 54.1 Å². The quantitative estimate of drug-likeness (QED) is 0.254. The Morgan fingerprint density at radius 3 is 2.68 bits per heavy atom. The molecule has 0 atom stereocenters. The highest BCUT2D eigenvalue weighted by Gasteiger charge is 2.13. The highest BCUT2D eigenvalue weighted by molar-refractivity contribution is 7.13. The van der Waals surface area contributed by atoms with E-state index in [0.717, 1.165) is 11.3 Å². The molecule has 2 aromatic carbocycles. The maximum absolute atomic E-state index is 11.4. The van der Waals surface area contributed by atoms with E-state index < -0.39 is 0 Å². The summed E-state index contributed by atoms with van der Waals surface area (Å²) in [5.41, 5.74) is 1.81. The molecule has 34 heavy (non-hydrogen) atoms. The van der Waals surface area contributed by atoms with E-state index in [4.69, 9.17) is 21.1 Å². The molecule has 0 radical (unpaired) electrons. The zero-order valence-corrected chi connectivity index (χ0v) is 19.9. The number of para-hydroxylation sites is 1. The van der Waals surface area contributed by atoms with Crippen molar-refractivity contribution < 1.29 is 19.0 Å². The van der Waals surface area contributed by atoms with Gasteiger partial charge in [-0.25, -0.2) is 9.97 Å². The third kappa shape index (κ3) is 6.46. The number of hydrogen-bond acceptors (Lipinski definition) is 8. The molecule has 2 heterocycles. The summed E-state index contributed by atoms with van der Waals surface area (Å²) in [4.78, 5) is 20.4. The van der Waals surface area contributed by atoms with E-state index in [1.807, 2.05) is 47.8 Å². The van der Waals surface area contributed by atoms with Crippen LogP contribution in [0.1, 0.15) is 17.7 Å². The van der Waals surface area contributed by atoms with Crippen LogP contribution in [-0.4, -0.2) is 23.0 Å². The summed E-state index contributed by atoms with van der Waals surface area (Å²) in [5, 5.41) is 6.23. The van der Waals surface area contributed by atoms with Gasteiger partial charge in [0.1, 0.15) is 18.1 Å². The molecule has 2 aromatic heterocycles. The zero-order chi connectivity index (χ0) is 23.8. The molecule has 0 bridgehead atoms. The molecule has 0 amide bonds. The summed E-state index contributed by atoms with van der Waals surface area (Å²) >= 11 is 7.64. The third-order valence-electron chi connectivity index (χ3n) is 4.72. The average Bonchev–Trinajstić information content (AvgIpc) is 3.32. The van der Waals surface area contributed by atoms with Crippen LogP contribution in [0.5, 0.6) is 17.2 Å². The summed E-state index contributed by atoms with van der Waals surface area (Å²) in [6, 6.07) is 18.8. The molecule has 0 saturated heterocycles. The fourth-order valence-corrected chi connectivity index (χ4v) is 3.91. The number of aryl methyl sites for hydroxylation is 1. The van der Waals surface area contributed by atoms with Crippen molar-refractivity contribution in [1.29, 1.82) is 0 Å². The van der Waals surface area contributed by atoms with Gasteiger partial charge in [-0.2, -0.15) is 0 Å². The van der Waals surface area contributed by atoms with E-state index in [-0.39, 0.29) is 12.4 Å². The number of carbonyl (C=O) groups excluding carboxylic acids is 1. The van der Waals surface area contributed by atoms with Gasteiger partial charge < -0.3 is 19.5 Å². The molecule has 0 aliphatic heterocycles. The fourth-order valence-electron chi connectivity index (χ4n) is 2.99. The van der Waals surface area contributed by atoms with Crippen LogP contribution >= 0.6 is 22.9 Å². The van der Waals surface area contributed by atoms with Crippen LogP contribution in [0.15, 0.2) is 72.2 Å². The Morgan fingerprint density at radius 2 is 1.88 bits per heavy atom. The first-order valence-corrected chi connectivity index (χ1v) is 11.7. The molecule has 1 N–H and O–H groups in total. The van der Waals surface area contributed by atoms with Gasteiger partial charge in [-0.15, -0.1) is 11.3 Å². The number of aromatic nitrogens is 2. The molecule has 0 saturated carbocycles. The van der Waals surface area contributed by atoms with Crippen molar-refractivity contribution in [3.05, 3.63) is 88.5 Å². The predicted molar refractivity (Wildman–Crippen MR) is 132 cm³/mol. The Labute approximate surface area is 206 Å². The molecule has 0 fully saturated rings. The van der Waals surface area contributed by atoms with Crippen LogP contribution in [-0.2, 0) is 22.6 Å². The molecule has 4 rings (SSSR count). The first-order valence-electron chi connectivity index (χ1n) is 10.5. The van der Waals surface area contributed by atoms with E-state index in [0.29, 0.717) is 46.2 Å². The molecule has 0 aliphatic carbocycles. The van der Waals surface area contributed by atoms with E-state index >= 15 is 0 Å². The molecule has 7 nitrogen and oxygen atoms in total. The molecular weight excluding hydrogens is 474 g/mol. The first kappa shape index (κ1) is 23.5. The lowest BCUT2D eigenvalue weighted by Gasteiger charge is -2.14. The number of anilines is 2. The lowest BCUT2D eigenvalue weighted by Crippen LogP contribution is -2.03. The number of nitrogens with zero attached hydrogens (tertiary/aromatic N) is 2. The highest BCUT2D eigenvalue weighted by Crippen LogP contribution is 2.35. The van der Waals surface area contributed by atoms with E-state index in [1.54, 1.807) is 24.4 Å². The maximum Gasteiger partial charge on any atom is 0.305 e. The van der Waals surface area contributed by atoms with Gasteiger partial charge in [0, 0.05) is 17.9 Å². The molecule has 4 aromatic rings. The Bertz CT molecular complexity index is 1250. The van der Waals surface area contributed by atoms with Gasteiger partial charge in [0.05, 0.1) is 30.4 Å². The standard InChI is InChI=1S/C25H22ClN3O4S/c1-31-23(30)12-11-18-16-34-25(28-18)29-24-22(32-15-17-7-3-2-4-8-17)13-19(14-27-24)33-21-10-6-5-9-20(21)26/h2-10,13-14,16H,11-12,15H2,1H3,(H,27,28,29). The van der Waals surface area contributed by atoms with Crippen molar-refractivity contribution in [2.45, 2.75) is 19.4 Å².